The van der Waals surface area contributed by atoms with E-state index < -0.39 is 17.7 Å². The SMILES string of the molecule is CCNc1nc(C)cc(N2CCN(C(=O)Nc3ccc(F)cc3F)CC2)n1. The van der Waals surface area contributed by atoms with Crippen molar-refractivity contribution in [3.05, 3.63) is 41.6 Å². The van der Waals surface area contributed by atoms with Gasteiger partial charge < -0.3 is 20.4 Å². The maximum absolute atomic E-state index is 13.7. The Labute approximate surface area is 156 Å². The molecule has 144 valence electrons. The molecule has 0 radical (unpaired) electrons. The number of halogens is 2. The average Bonchev–Trinajstić information content (AvgIpc) is 2.64. The Hall–Kier alpha value is -2.97. The first kappa shape index (κ1) is 18.8. The first-order valence-electron chi connectivity index (χ1n) is 8.81. The van der Waals surface area contributed by atoms with Crippen molar-refractivity contribution >= 4 is 23.5 Å². The van der Waals surface area contributed by atoms with Crippen LogP contribution in [0.4, 0.5) is 31.0 Å². The number of amides is 2. The summed E-state index contributed by atoms with van der Waals surface area (Å²) in [6.07, 6.45) is 0. The second-order valence-corrected chi connectivity index (χ2v) is 6.25. The smallest absolute Gasteiger partial charge is 0.322 e. The molecule has 0 saturated carbocycles. The third kappa shape index (κ3) is 4.60. The zero-order valence-electron chi connectivity index (χ0n) is 15.3. The molecule has 2 amide bonds. The number of nitrogens with zero attached hydrogens (tertiary/aromatic N) is 4. The highest BCUT2D eigenvalue weighted by molar-refractivity contribution is 5.89. The number of nitrogens with one attached hydrogen (secondary N) is 2. The van der Waals surface area contributed by atoms with Crippen LogP contribution in [0.1, 0.15) is 12.6 Å². The van der Waals surface area contributed by atoms with Gasteiger partial charge in [-0.2, -0.15) is 4.98 Å². The molecule has 2 aromatic rings. The number of carbonyl (C=O) groups is 1. The minimum atomic E-state index is -0.797. The number of hydrogen-bond acceptors (Lipinski definition) is 5. The molecule has 1 aliphatic heterocycles. The fourth-order valence-corrected chi connectivity index (χ4v) is 2.87. The van der Waals surface area contributed by atoms with E-state index >= 15 is 0 Å². The van der Waals surface area contributed by atoms with Crippen molar-refractivity contribution < 1.29 is 13.6 Å². The lowest BCUT2D eigenvalue weighted by molar-refractivity contribution is 0.208. The van der Waals surface area contributed by atoms with Crippen LogP contribution in [-0.4, -0.2) is 53.6 Å². The summed E-state index contributed by atoms with van der Waals surface area (Å²) in [7, 11) is 0. The molecule has 7 nitrogen and oxygen atoms in total. The molecular formula is C18H22F2N6O. The van der Waals surface area contributed by atoms with Crippen LogP contribution < -0.4 is 15.5 Å². The van der Waals surface area contributed by atoms with Gasteiger partial charge in [-0.1, -0.05) is 0 Å². The third-order valence-corrected chi connectivity index (χ3v) is 4.24. The van der Waals surface area contributed by atoms with Crippen LogP contribution in [0.15, 0.2) is 24.3 Å². The predicted octanol–water partition coefficient (Wildman–Crippen LogP) is 2.85. The summed E-state index contributed by atoms with van der Waals surface area (Å²) < 4.78 is 26.7. The van der Waals surface area contributed by atoms with Crippen LogP contribution >= 0.6 is 0 Å². The van der Waals surface area contributed by atoms with Crippen LogP contribution in [-0.2, 0) is 0 Å². The summed E-state index contributed by atoms with van der Waals surface area (Å²) in [5.41, 5.74) is 0.827. The van der Waals surface area contributed by atoms with Gasteiger partial charge >= 0.3 is 6.03 Å². The summed E-state index contributed by atoms with van der Waals surface area (Å²) in [4.78, 5) is 24.9. The summed E-state index contributed by atoms with van der Waals surface area (Å²) >= 11 is 0. The van der Waals surface area contributed by atoms with Crippen molar-refractivity contribution in [2.24, 2.45) is 0 Å². The van der Waals surface area contributed by atoms with Crippen LogP contribution in [0.3, 0.4) is 0 Å². The largest absolute Gasteiger partial charge is 0.354 e. The number of urea groups is 1. The van der Waals surface area contributed by atoms with E-state index in [2.05, 4.69) is 25.5 Å². The number of anilines is 3. The molecule has 1 aliphatic rings. The highest BCUT2D eigenvalue weighted by Gasteiger charge is 2.23. The number of hydrogen-bond donors (Lipinski definition) is 2. The Kier molecular flexibility index (Phi) is 5.68. The molecule has 9 heteroatoms. The molecule has 1 aromatic carbocycles. The summed E-state index contributed by atoms with van der Waals surface area (Å²) in [5.74, 6) is -0.0897. The lowest BCUT2D eigenvalue weighted by Crippen LogP contribution is -2.50. The fourth-order valence-electron chi connectivity index (χ4n) is 2.87. The molecule has 1 saturated heterocycles. The van der Waals surface area contributed by atoms with Crippen LogP contribution in [0.25, 0.3) is 0 Å². The van der Waals surface area contributed by atoms with Crippen LogP contribution in [0.2, 0.25) is 0 Å². The molecule has 0 bridgehead atoms. The number of benzene rings is 1. The van der Waals surface area contributed by atoms with Crippen molar-refractivity contribution in [3.63, 3.8) is 0 Å². The van der Waals surface area contributed by atoms with Gasteiger partial charge in [0, 0.05) is 50.6 Å². The van der Waals surface area contributed by atoms with E-state index in [1.54, 1.807) is 4.90 Å². The minimum absolute atomic E-state index is 0.0365. The molecule has 1 aromatic heterocycles. The van der Waals surface area contributed by atoms with Gasteiger partial charge in [0.05, 0.1) is 5.69 Å². The normalized spacial score (nSPS) is 14.2. The molecule has 1 fully saturated rings. The van der Waals surface area contributed by atoms with Crippen molar-refractivity contribution in [1.29, 1.82) is 0 Å². The molecule has 0 atom stereocenters. The monoisotopic (exact) mass is 376 g/mol. The number of carbonyl (C=O) groups excluding carboxylic acids is 1. The van der Waals surface area contributed by atoms with Gasteiger partial charge in [-0.25, -0.2) is 18.6 Å². The number of piperazine rings is 1. The number of aryl methyl sites for hydroxylation is 1. The van der Waals surface area contributed by atoms with E-state index in [0.717, 1.165) is 30.2 Å². The second kappa shape index (κ2) is 8.15. The Balaban J connectivity index is 1.60. The number of rotatable bonds is 4. The van der Waals surface area contributed by atoms with Crippen molar-refractivity contribution in [2.45, 2.75) is 13.8 Å². The third-order valence-electron chi connectivity index (χ3n) is 4.24. The van der Waals surface area contributed by atoms with Gasteiger partial charge in [0.25, 0.3) is 0 Å². The zero-order valence-corrected chi connectivity index (χ0v) is 15.3. The summed E-state index contributed by atoms with van der Waals surface area (Å²) in [6, 6.07) is 4.56. The standard InChI is InChI=1S/C18H22F2N6O/c1-3-21-17-22-12(2)10-16(24-17)25-6-8-26(9-7-25)18(27)23-15-5-4-13(19)11-14(15)20/h4-5,10-11H,3,6-9H2,1-2H3,(H,23,27)(H,21,22,24). The van der Waals surface area contributed by atoms with Crippen molar-refractivity contribution in [2.75, 3.05) is 48.3 Å². The molecule has 0 aliphatic carbocycles. The molecule has 27 heavy (non-hydrogen) atoms. The van der Waals surface area contributed by atoms with E-state index in [-0.39, 0.29) is 5.69 Å². The highest BCUT2D eigenvalue weighted by atomic mass is 19.1. The van der Waals surface area contributed by atoms with Gasteiger partial charge in [0.15, 0.2) is 0 Å². The molecule has 2 N–H and O–H groups in total. The summed E-state index contributed by atoms with van der Waals surface area (Å²) in [5, 5.41) is 5.59. The van der Waals surface area contributed by atoms with Gasteiger partial charge in [0.1, 0.15) is 17.5 Å². The van der Waals surface area contributed by atoms with Gasteiger partial charge in [-0.15, -0.1) is 0 Å². The Morgan fingerprint density at radius 1 is 1.15 bits per heavy atom. The quantitative estimate of drug-likeness (QED) is 0.858. The van der Waals surface area contributed by atoms with Crippen LogP contribution in [0.5, 0.6) is 0 Å². The Bertz CT molecular complexity index is 823. The van der Waals surface area contributed by atoms with Crippen molar-refractivity contribution in [3.8, 4) is 0 Å². The van der Waals surface area contributed by atoms with Crippen LogP contribution in [0, 0.1) is 18.6 Å². The minimum Gasteiger partial charge on any atom is -0.354 e. The van der Waals surface area contributed by atoms with E-state index in [1.165, 1.54) is 6.07 Å². The van der Waals surface area contributed by atoms with Crippen molar-refractivity contribution in [1.82, 2.24) is 14.9 Å². The molecule has 0 unspecified atom stereocenters. The van der Waals surface area contributed by atoms with E-state index in [4.69, 9.17) is 0 Å². The summed E-state index contributed by atoms with van der Waals surface area (Å²) in [6.45, 7) is 6.75. The second-order valence-electron chi connectivity index (χ2n) is 6.25. The van der Waals surface area contributed by atoms with Gasteiger partial charge in [0.2, 0.25) is 5.95 Å². The maximum Gasteiger partial charge on any atom is 0.322 e. The zero-order chi connectivity index (χ0) is 19.4. The molecule has 2 heterocycles. The highest BCUT2D eigenvalue weighted by Crippen LogP contribution is 2.19. The predicted molar refractivity (Wildman–Crippen MR) is 100 cm³/mol. The van der Waals surface area contributed by atoms with E-state index in [9.17, 15) is 13.6 Å². The first-order valence-corrected chi connectivity index (χ1v) is 8.81. The van der Waals surface area contributed by atoms with Gasteiger partial charge in [-0.05, 0) is 26.0 Å². The molecular weight excluding hydrogens is 354 g/mol. The lowest BCUT2D eigenvalue weighted by Gasteiger charge is -2.35. The molecule has 3 rings (SSSR count). The average molecular weight is 376 g/mol. The van der Waals surface area contributed by atoms with E-state index in [1.807, 2.05) is 19.9 Å². The lowest BCUT2D eigenvalue weighted by atomic mass is 10.3. The van der Waals surface area contributed by atoms with E-state index in [0.29, 0.717) is 32.1 Å². The topological polar surface area (TPSA) is 73.4 Å². The maximum atomic E-state index is 13.7. The Morgan fingerprint density at radius 2 is 1.89 bits per heavy atom. The Morgan fingerprint density at radius 3 is 2.56 bits per heavy atom. The first-order chi connectivity index (χ1) is 13.0. The fraction of sp³-hybridized carbons (Fsp3) is 0.389. The molecule has 0 spiro atoms. The van der Waals surface area contributed by atoms with Gasteiger partial charge in [-0.3, -0.25) is 0 Å². The number of aromatic nitrogens is 2.